The average Bonchev–Trinajstić information content (AvgIpc) is 2.99. The minimum absolute atomic E-state index is 0.00425. The third-order valence-electron chi connectivity index (χ3n) is 3.67. The van der Waals surface area contributed by atoms with Gasteiger partial charge in [-0.2, -0.15) is 0 Å². The van der Waals surface area contributed by atoms with Crippen LogP contribution in [0, 0.1) is 0 Å². The predicted molar refractivity (Wildman–Crippen MR) is 111 cm³/mol. The van der Waals surface area contributed by atoms with Gasteiger partial charge in [-0.1, -0.05) is 0 Å². The monoisotopic (exact) mass is 475 g/mol. The van der Waals surface area contributed by atoms with E-state index >= 15 is 0 Å². The first kappa shape index (κ1) is 21.8. The molecule has 1 amide bonds. The number of rotatable bonds is 8. The molecule has 7 nitrogen and oxygen atoms in total. The summed E-state index contributed by atoms with van der Waals surface area (Å²) in [6.07, 6.45) is 0. The van der Waals surface area contributed by atoms with Crippen molar-refractivity contribution in [2.45, 2.75) is 11.4 Å². The Morgan fingerprint density at radius 3 is 2.52 bits per heavy atom. The molecule has 0 aliphatic heterocycles. The maximum Gasteiger partial charge on any atom is 0.246 e. The van der Waals surface area contributed by atoms with Crippen LogP contribution >= 0.6 is 27.3 Å². The van der Waals surface area contributed by atoms with Gasteiger partial charge in [0.25, 0.3) is 0 Å². The van der Waals surface area contributed by atoms with Crippen LogP contribution in [-0.4, -0.2) is 58.3 Å². The van der Waals surface area contributed by atoms with Crippen molar-refractivity contribution in [3.8, 4) is 5.75 Å². The normalized spacial score (nSPS) is 11.8. The molecule has 0 atom stereocenters. The number of hydrogen-bond acceptors (Lipinski definition) is 6. The fourth-order valence-corrected chi connectivity index (χ4v) is 4.96. The highest BCUT2D eigenvalue weighted by atomic mass is 79.9. The highest BCUT2D eigenvalue weighted by Gasteiger charge is 2.23. The lowest BCUT2D eigenvalue weighted by atomic mass is 10.3. The second-order valence-electron chi connectivity index (χ2n) is 6.10. The van der Waals surface area contributed by atoms with Gasteiger partial charge >= 0.3 is 0 Å². The summed E-state index contributed by atoms with van der Waals surface area (Å²) in [5.41, 5.74) is 0.397. The van der Waals surface area contributed by atoms with Gasteiger partial charge in [0.15, 0.2) is 0 Å². The maximum atomic E-state index is 12.5. The van der Waals surface area contributed by atoms with E-state index in [0.717, 1.165) is 13.7 Å². The van der Waals surface area contributed by atoms with Crippen molar-refractivity contribution in [1.82, 2.24) is 9.21 Å². The minimum Gasteiger partial charge on any atom is -0.495 e. The molecule has 27 heavy (non-hydrogen) atoms. The van der Waals surface area contributed by atoms with Gasteiger partial charge in [-0.25, -0.2) is 12.7 Å². The van der Waals surface area contributed by atoms with Crippen molar-refractivity contribution >= 4 is 48.9 Å². The Balaban J connectivity index is 2.09. The van der Waals surface area contributed by atoms with Crippen LogP contribution in [-0.2, 0) is 21.4 Å². The molecule has 1 N–H and O–H groups in total. The van der Waals surface area contributed by atoms with Crippen LogP contribution in [0.4, 0.5) is 5.69 Å². The number of sulfonamides is 1. The third kappa shape index (κ3) is 5.76. The number of methoxy groups -OCH3 is 1. The van der Waals surface area contributed by atoms with E-state index in [4.69, 9.17) is 4.74 Å². The number of halogens is 1. The predicted octanol–water partition coefficient (Wildman–Crippen LogP) is 2.84. The first-order valence-corrected chi connectivity index (χ1v) is 11.1. The first-order chi connectivity index (χ1) is 12.6. The number of ether oxygens (including phenoxy) is 1. The van der Waals surface area contributed by atoms with Crippen LogP contribution < -0.4 is 10.1 Å². The summed E-state index contributed by atoms with van der Waals surface area (Å²) >= 11 is 5.03. The van der Waals surface area contributed by atoms with E-state index < -0.39 is 10.0 Å². The first-order valence-electron chi connectivity index (χ1n) is 7.95. The molecule has 148 valence electrons. The SMILES string of the molecule is COc1ccc(NC(=O)CN(C)Cc2cc(Br)cs2)cc1S(=O)(=O)N(C)C. The number of amides is 1. The molecule has 0 aliphatic rings. The van der Waals surface area contributed by atoms with E-state index in [2.05, 4.69) is 21.2 Å². The second-order valence-corrected chi connectivity index (χ2v) is 10.1. The lowest BCUT2D eigenvalue weighted by Gasteiger charge is -2.17. The number of thiophene rings is 1. The van der Waals surface area contributed by atoms with E-state index in [1.165, 1.54) is 33.3 Å². The summed E-state index contributed by atoms with van der Waals surface area (Å²) in [4.78, 5) is 15.3. The molecule has 0 spiro atoms. The van der Waals surface area contributed by atoms with Crippen molar-refractivity contribution in [3.63, 3.8) is 0 Å². The van der Waals surface area contributed by atoms with Gasteiger partial charge in [-0.3, -0.25) is 9.69 Å². The Morgan fingerprint density at radius 1 is 1.26 bits per heavy atom. The molecular formula is C17H22BrN3O4S2. The second kappa shape index (κ2) is 9.16. The summed E-state index contributed by atoms with van der Waals surface area (Å²) in [5, 5.41) is 4.73. The summed E-state index contributed by atoms with van der Waals surface area (Å²) < 4.78 is 32.2. The fraction of sp³-hybridized carbons (Fsp3) is 0.353. The van der Waals surface area contributed by atoms with Crippen LogP contribution in [0.25, 0.3) is 0 Å². The molecule has 0 aliphatic carbocycles. The number of hydrogen-bond donors (Lipinski definition) is 1. The summed E-state index contributed by atoms with van der Waals surface area (Å²) in [5.74, 6) is -0.00595. The summed E-state index contributed by atoms with van der Waals surface area (Å²) in [6, 6.07) is 6.56. The molecular weight excluding hydrogens is 454 g/mol. The minimum atomic E-state index is -3.70. The lowest BCUT2D eigenvalue weighted by molar-refractivity contribution is -0.117. The highest BCUT2D eigenvalue weighted by molar-refractivity contribution is 9.10. The zero-order valence-electron chi connectivity index (χ0n) is 15.5. The van der Waals surface area contributed by atoms with Crippen LogP contribution in [0.5, 0.6) is 5.75 Å². The standard InChI is InChI=1S/C17H22BrN3O4S2/c1-20(2)27(23,24)16-8-13(5-6-15(16)25-4)19-17(22)10-21(3)9-14-7-12(18)11-26-14/h5-8,11H,9-10H2,1-4H3,(H,19,22). The maximum absolute atomic E-state index is 12.5. The van der Waals surface area contributed by atoms with Gasteiger partial charge in [-0.15, -0.1) is 11.3 Å². The molecule has 0 bridgehead atoms. The van der Waals surface area contributed by atoms with E-state index in [0.29, 0.717) is 12.2 Å². The van der Waals surface area contributed by atoms with Crippen LogP contribution in [0.2, 0.25) is 0 Å². The molecule has 0 radical (unpaired) electrons. The molecule has 1 aromatic heterocycles. The van der Waals surface area contributed by atoms with Crippen LogP contribution in [0.15, 0.2) is 39.0 Å². The number of benzene rings is 1. The van der Waals surface area contributed by atoms with Crippen molar-refractivity contribution in [3.05, 3.63) is 39.0 Å². The van der Waals surface area contributed by atoms with Crippen LogP contribution in [0.3, 0.4) is 0 Å². The van der Waals surface area contributed by atoms with Crippen molar-refractivity contribution < 1.29 is 17.9 Å². The molecule has 10 heteroatoms. The molecule has 2 aromatic rings. The fourth-order valence-electron chi connectivity index (χ4n) is 2.36. The highest BCUT2D eigenvalue weighted by Crippen LogP contribution is 2.29. The average molecular weight is 476 g/mol. The zero-order chi connectivity index (χ0) is 20.2. The number of carbonyl (C=O) groups is 1. The number of nitrogens with one attached hydrogen (secondary N) is 1. The van der Waals surface area contributed by atoms with Gasteiger partial charge < -0.3 is 10.1 Å². The van der Waals surface area contributed by atoms with Crippen molar-refractivity contribution in [2.24, 2.45) is 0 Å². The lowest BCUT2D eigenvalue weighted by Crippen LogP contribution is -2.29. The van der Waals surface area contributed by atoms with Gasteiger partial charge in [0.1, 0.15) is 10.6 Å². The Bertz CT molecular complexity index is 913. The van der Waals surface area contributed by atoms with E-state index in [-0.39, 0.29) is 23.1 Å². The van der Waals surface area contributed by atoms with Gasteiger partial charge in [0.2, 0.25) is 15.9 Å². The van der Waals surface area contributed by atoms with Crippen molar-refractivity contribution in [2.75, 3.05) is 40.1 Å². The third-order valence-corrected chi connectivity index (χ3v) is 7.19. The van der Waals surface area contributed by atoms with Gasteiger partial charge in [0.05, 0.1) is 13.7 Å². The van der Waals surface area contributed by atoms with Crippen LogP contribution in [0.1, 0.15) is 4.88 Å². The van der Waals surface area contributed by atoms with Gasteiger partial charge in [-0.05, 0) is 47.2 Å². The topological polar surface area (TPSA) is 79.0 Å². The molecule has 0 unspecified atom stereocenters. The van der Waals surface area contributed by atoms with Gasteiger partial charge in [0, 0.05) is 41.1 Å². The molecule has 0 saturated heterocycles. The number of likely N-dealkylation sites (N-methyl/N-ethyl adjacent to an activating group) is 1. The Kier molecular flexibility index (Phi) is 7.40. The summed E-state index contributed by atoms with van der Waals surface area (Å²) in [7, 11) is 2.44. The number of anilines is 1. The molecule has 2 rings (SSSR count). The summed E-state index contributed by atoms with van der Waals surface area (Å²) in [6.45, 7) is 0.823. The van der Waals surface area contributed by atoms with Crippen molar-refractivity contribution in [1.29, 1.82) is 0 Å². The Morgan fingerprint density at radius 2 is 1.96 bits per heavy atom. The molecule has 1 aromatic carbocycles. The zero-order valence-corrected chi connectivity index (χ0v) is 18.7. The number of nitrogens with zero attached hydrogens (tertiary/aromatic N) is 2. The Hall–Kier alpha value is -1.46. The molecule has 0 fully saturated rings. The largest absolute Gasteiger partial charge is 0.495 e. The van der Waals surface area contributed by atoms with E-state index in [9.17, 15) is 13.2 Å². The number of carbonyl (C=O) groups excluding carboxylic acids is 1. The Labute approximate surface area is 172 Å². The van der Waals surface area contributed by atoms with E-state index in [1.54, 1.807) is 17.4 Å². The molecule has 0 saturated carbocycles. The quantitative estimate of drug-likeness (QED) is 0.634. The smallest absolute Gasteiger partial charge is 0.246 e. The molecule has 1 heterocycles. The van der Waals surface area contributed by atoms with E-state index in [1.807, 2.05) is 23.4 Å².